The van der Waals surface area contributed by atoms with Crippen LogP contribution in [0.15, 0.2) is 12.4 Å². The van der Waals surface area contributed by atoms with Crippen LogP contribution in [0.5, 0.6) is 0 Å². The molecule has 1 fully saturated rings. The maximum absolute atomic E-state index is 5.69. The Morgan fingerprint density at radius 2 is 2.35 bits per heavy atom. The van der Waals surface area contributed by atoms with Gasteiger partial charge in [0.1, 0.15) is 0 Å². The van der Waals surface area contributed by atoms with Crippen molar-refractivity contribution in [1.82, 2.24) is 15.1 Å². The summed E-state index contributed by atoms with van der Waals surface area (Å²) < 4.78 is 7.67. The first-order chi connectivity index (χ1) is 8.23. The molecule has 1 heterocycles. The van der Waals surface area contributed by atoms with Crippen LogP contribution in [0.25, 0.3) is 0 Å². The van der Waals surface area contributed by atoms with E-state index in [0.29, 0.717) is 6.04 Å². The number of rotatable bonds is 6. The van der Waals surface area contributed by atoms with E-state index in [0.717, 1.165) is 13.0 Å². The van der Waals surface area contributed by atoms with Crippen LogP contribution in [-0.2, 0) is 11.3 Å². The summed E-state index contributed by atoms with van der Waals surface area (Å²) in [4.78, 5) is 0. The Balaban J connectivity index is 2.05. The summed E-state index contributed by atoms with van der Waals surface area (Å²) in [6.45, 7) is 3.03. The first kappa shape index (κ1) is 12.6. The van der Waals surface area contributed by atoms with E-state index in [2.05, 4.69) is 23.5 Å². The lowest BCUT2D eigenvalue weighted by Crippen LogP contribution is -2.42. The molecule has 1 aromatic heterocycles. The molecule has 1 saturated carbocycles. The molecule has 2 rings (SSSR count). The van der Waals surface area contributed by atoms with Crippen molar-refractivity contribution in [2.45, 2.75) is 50.8 Å². The fourth-order valence-electron chi connectivity index (χ4n) is 2.55. The van der Waals surface area contributed by atoms with E-state index in [1.54, 1.807) is 0 Å². The zero-order valence-electron chi connectivity index (χ0n) is 11.1. The molecule has 96 valence electrons. The monoisotopic (exact) mass is 237 g/mol. The predicted octanol–water partition coefficient (Wildman–Crippen LogP) is 2.12. The molecule has 1 aliphatic rings. The minimum atomic E-state index is 0.0992. The van der Waals surface area contributed by atoms with Crippen molar-refractivity contribution in [3.8, 4) is 0 Å². The molecule has 0 radical (unpaired) electrons. The highest BCUT2D eigenvalue weighted by Crippen LogP contribution is 2.41. The van der Waals surface area contributed by atoms with Crippen molar-refractivity contribution in [1.29, 1.82) is 0 Å². The Morgan fingerprint density at radius 1 is 1.59 bits per heavy atom. The van der Waals surface area contributed by atoms with Crippen LogP contribution >= 0.6 is 0 Å². The van der Waals surface area contributed by atoms with Crippen LogP contribution in [0.1, 0.15) is 44.2 Å². The van der Waals surface area contributed by atoms with E-state index < -0.39 is 0 Å². The lowest BCUT2D eigenvalue weighted by Gasteiger charge is -2.42. The Kier molecular flexibility index (Phi) is 3.84. The number of aryl methyl sites for hydroxylation is 1. The average Bonchev–Trinajstić information content (AvgIpc) is 2.77. The number of methoxy groups -OCH3 is 1. The topological polar surface area (TPSA) is 39.1 Å². The molecule has 4 heteroatoms. The highest BCUT2D eigenvalue weighted by atomic mass is 16.5. The summed E-state index contributed by atoms with van der Waals surface area (Å²) in [6, 6.07) is 0.343. The van der Waals surface area contributed by atoms with Crippen molar-refractivity contribution >= 4 is 0 Å². The molecular weight excluding hydrogens is 214 g/mol. The van der Waals surface area contributed by atoms with Crippen LogP contribution in [0.4, 0.5) is 0 Å². The summed E-state index contributed by atoms with van der Waals surface area (Å²) in [6.07, 6.45) is 8.79. The fourth-order valence-corrected chi connectivity index (χ4v) is 2.55. The van der Waals surface area contributed by atoms with E-state index >= 15 is 0 Å². The Labute approximate surface area is 103 Å². The highest BCUT2D eigenvalue weighted by Gasteiger charge is 2.39. The number of hydrogen-bond donors (Lipinski definition) is 1. The predicted molar refractivity (Wildman–Crippen MR) is 67.9 cm³/mol. The smallest absolute Gasteiger partial charge is 0.0697 e. The third-order valence-electron chi connectivity index (χ3n) is 4.00. The fraction of sp³-hybridized carbons (Fsp3) is 0.769. The number of aromatic nitrogens is 2. The first-order valence-corrected chi connectivity index (χ1v) is 6.48. The molecule has 0 aromatic carbocycles. The van der Waals surface area contributed by atoms with Gasteiger partial charge in [-0.2, -0.15) is 5.10 Å². The minimum Gasteiger partial charge on any atom is -0.378 e. The van der Waals surface area contributed by atoms with E-state index in [-0.39, 0.29) is 5.60 Å². The molecule has 1 N–H and O–H groups in total. The quantitative estimate of drug-likeness (QED) is 0.823. The summed E-state index contributed by atoms with van der Waals surface area (Å²) in [5.41, 5.74) is 1.36. The molecule has 17 heavy (non-hydrogen) atoms. The molecule has 0 bridgehead atoms. The molecule has 1 aliphatic carbocycles. The minimum absolute atomic E-state index is 0.0992. The Hall–Kier alpha value is -0.870. The summed E-state index contributed by atoms with van der Waals surface area (Å²) in [5, 5.41) is 7.72. The Morgan fingerprint density at radius 3 is 2.76 bits per heavy atom. The van der Waals surface area contributed by atoms with Crippen molar-refractivity contribution in [2.24, 2.45) is 0 Å². The SMILES string of the molecule is CCn1cc(C(CC2(OC)CCC2)NC)cn1. The summed E-state index contributed by atoms with van der Waals surface area (Å²) >= 11 is 0. The molecule has 4 nitrogen and oxygen atoms in total. The summed E-state index contributed by atoms with van der Waals surface area (Å²) in [5.74, 6) is 0. The maximum Gasteiger partial charge on any atom is 0.0697 e. The molecule has 0 aliphatic heterocycles. The van der Waals surface area contributed by atoms with E-state index in [9.17, 15) is 0 Å². The van der Waals surface area contributed by atoms with Gasteiger partial charge < -0.3 is 10.1 Å². The second-order valence-electron chi connectivity index (χ2n) is 4.92. The molecule has 1 aromatic rings. The maximum atomic E-state index is 5.69. The van der Waals surface area contributed by atoms with Crippen molar-refractivity contribution in [2.75, 3.05) is 14.2 Å². The standard InChI is InChI=1S/C13H23N3O/c1-4-16-10-11(9-15-16)12(14-2)8-13(17-3)6-5-7-13/h9-10,12,14H,4-8H2,1-3H3. The van der Waals surface area contributed by atoms with E-state index in [1.807, 2.05) is 25.0 Å². The largest absolute Gasteiger partial charge is 0.378 e. The van der Waals surface area contributed by atoms with Crippen molar-refractivity contribution in [3.63, 3.8) is 0 Å². The van der Waals surface area contributed by atoms with Crippen LogP contribution in [-0.4, -0.2) is 29.5 Å². The van der Waals surface area contributed by atoms with Gasteiger partial charge in [-0.1, -0.05) is 0 Å². The molecule has 0 amide bonds. The number of ether oxygens (including phenoxy) is 1. The molecule has 0 saturated heterocycles. The van der Waals surface area contributed by atoms with Crippen molar-refractivity contribution in [3.05, 3.63) is 18.0 Å². The molecule has 0 spiro atoms. The Bertz CT molecular complexity index is 352. The molecule has 1 atom stereocenters. The van der Waals surface area contributed by atoms with Crippen molar-refractivity contribution < 1.29 is 4.74 Å². The van der Waals surface area contributed by atoms with Gasteiger partial charge in [-0.05, 0) is 39.7 Å². The summed E-state index contributed by atoms with van der Waals surface area (Å²) in [7, 11) is 3.84. The molecular formula is C13H23N3O. The van der Waals surface area contributed by atoms with Crippen LogP contribution in [0.2, 0.25) is 0 Å². The lowest BCUT2D eigenvalue weighted by atomic mass is 9.75. The van der Waals surface area contributed by atoms with Gasteiger partial charge in [-0.15, -0.1) is 0 Å². The number of nitrogens with zero attached hydrogens (tertiary/aromatic N) is 2. The zero-order chi connectivity index (χ0) is 12.3. The number of nitrogens with one attached hydrogen (secondary N) is 1. The van der Waals surface area contributed by atoms with Gasteiger partial charge >= 0.3 is 0 Å². The van der Waals surface area contributed by atoms with Crippen LogP contribution in [0.3, 0.4) is 0 Å². The number of hydrogen-bond acceptors (Lipinski definition) is 3. The van der Waals surface area contributed by atoms with Crippen LogP contribution < -0.4 is 5.32 Å². The normalized spacial score (nSPS) is 19.9. The van der Waals surface area contributed by atoms with E-state index in [1.165, 1.54) is 24.8 Å². The van der Waals surface area contributed by atoms with Gasteiger partial charge in [0, 0.05) is 31.5 Å². The third kappa shape index (κ3) is 2.53. The van der Waals surface area contributed by atoms with Gasteiger partial charge in [-0.25, -0.2) is 0 Å². The average molecular weight is 237 g/mol. The van der Waals surface area contributed by atoms with Gasteiger partial charge in [0.25, 0.3) is 0 Å². The van der Waals surface area contributed by atoms with Gasteiger partial charge in [0.15, 0.2) is 0 Å². The highest BCUT2D eigenvalue weighted by molar-refractivity contribution is 5.12. The van der Waals surface area contributed by atoms with Gasteiger partial charge in [0.2, 0.25) is 0 Å². The zero-order valence-corrected chi connectivity index (χ0v) is 11.1. The lowest BCUT2D eigenvalue weighted by molar-refractivity contribution is -0.0834. The van der Waals surface area contributed by atoms with Crippen LogP contribution in [0, 0.1) is 0 Å². The van der Waals surface area contributed by atoms with E-state index in [4.69, 9.17) is 4.74 Å². The first-order valence-electron chi connectivity index (χ1n) is 6.48. The van der Waals surface area contributed by atoms with Gasteiger partial charge in [-0.3, -0.25) is 4.68 Å². The van der Waals surface area contributed by atoms with Gasteiger partial charge in [0.05, 0.1) is 11.8 Å². The second-order valence-corrected chi connectivity index (χ2v) is 4.92. The third-order valence-corrected chi connectivity index (χ3v) is 4.00. The second kappa shape index (κ2) is 5.19. The molecule has 1 unspecified atom stereocenters.